The zero-order valence-corrected chi connectivity index (χ0v) is 10.8. The van der Waals surface area contributed by atoms with Gasteiger partial charge in [0, 0.05) is 6.42 Å². The van der Waals surface area contributed by atoms with Crippen LogP contribution in [-0.4, -0.2) is 18.1 Å². The number of rotatable bonds is 4. The van der Waals surface area contributed by atoms with Crippen molar-refractivity contribution in [1.29, 1.82) is 5.41 Å². The molecule has 0 unspecified atom stereocenters. The molecule has 0 amide bonds. The van der Waals surface area contributed by atoms with Crippen molar-refractivity contribution in [2.45, 2.75) is 33.1 Å². The highest BCUT2D eigenvalue weighted by Crippen LogP contribution is 2.11. The van der Waals surface area contributed by atoms with Crippen LogP contribution in [0.15, 0.2) is 24.3 Å². The Morgan fingerprint density at radius 3 is 2.12 bits per heavy atom. The van der Waals surface area contributed by atoms with Crippen LogP contribution in [0.1, 0.15) is 32.3 Å². The Morgan fingerprint density at radius 2 is 1.71 bits per heavy atom. The molecular formula is C13H23FN2O. The zero-order chi connectivity index (χ0) is 13.7. The van der Waals surface area contributed by atoms with Gasteiger partial charge in [0.25, 0.3) is 0 Å². The molecule has 0 bridgehead atoms. The summed E-state index contributed by atoms with van der Waals surface area (Å²) in [6, 6.07) is 7.11. The minimum atomic E-state index is 0.235. The number of halogens is 1. The van der Waals surface area contributed by atoms with Crippen LogP contribution in [0.5, 0.6) is 5.75 Å². The first kappa shape index (κ1) is 17.8. The summed E-state index contributed by atoms with van der Waals surface area (Å²) in [5.74, 6) is 0.522. The van der Waals surface area contributed by atoms with Crippen LogP contribution in [0.2, 0.25) is 0 Å². The lowest BCUT2D eigenvalue weighted by Crippen LogP contribution is -2.09. The average molecular weight is 242 g/mol. The van der Waals surface area contributed by atoms with E-state index in [0.29, 0.717) is 13.6 Å². The number of phenols is 1. The van der Waals surface area contributed by atoms with E-state index in [4.69, 9.17) is 16.2 Å². The van der Waals surface area contributed by atoms with Gasteiger partial charge in [0.2, 0.25) is 0 Å². The number of hydrogen-bond acceptors (Lipinski definition) is 2. The fourth-order valence-electron chi connectivity index (χ4n) is 1.15. The van der Waals surface area contributed by atoms with Gasteiger partial charge in [-0.3, -0.25) is 9.80 Å². The summed E-state index contributed by atoms with van der Waals surface area (Å²) in [6.07, 6.45) is 2.43. The van der Waals surface area contributed by atoms with Crippen LogP contribution < -0.4 is 5.73 Å². The molecule has 3 nitrogen and oxygen atoms in total. The van der Waals surface area contributed by atoms with Crippen molar-refractivity contribution in [3.05, 3.63) is 29.8 Å². The third-order valence-corrected chi connectivity index (χ3v) is 1.85. The Labute approximate surface area is 103 Å². The lowest BCUT2D eigenvalue weighted by molar-refractivity contribution is 0.475. The van der Waals surface area contributed by atoms with Crippen molar-refractivity contribution in [3.63, 3.8) is 0 Å². The summed E-state index contributed by atoms with van der Waals surface area (Å²) in [7, 11) is 0.500. The van der Waals surface area contributed by atoms with E-state index in [1.807, 2.05) is 26.0 Å². The highest BCUT2D eigenvalue weighted by Gasteiger charge is 1.94. The minimum Gasteiger partial charge on any atom is -0.508 e. The molecule has 1 rings (SSSR count). The molecule has 4 heteroatoms. The monoisotopic (exact) mass is 242 g/mol. The second-order valence-corrected chi connectivity index (χ2v) is 3.05. The van der Waals surface area contributed by atoms with Gasteiger partial charge in [-0.1, -0.05) is 26.0 Å². The van der Waals surface area contributed by atoms with Gasteiger partial charge in [-0.2, -0.15) is 0 Å². The molecule has 0 aromatic heterocycles. The first-order valence-electron chi connectivity index (χ1n) is 5.67. The van der Waals surface area contributed by atoms with E-state index < -0.39 is 0 Å². The number of phenolic OH excluding ortho intramolecular Hbond substituents is 1. The fraction of sp³-hybridized carbons (Fsp3) is 0.462. The van der Waals surface area contributed by atoms with E-state index in [1.54, 1.807) is 12.1 Å². The largest absolute Gasteiger partial charge is 0.508 e. The molecule has 0 radical (unpaired) electrons. The summed E-state index contributed by atoms with van der Waals surface area (Å²) in [6.45, 7) is 4.00. The Bertz CT molecular complexity index is 286. The zero-order valence-electron chi connectivity index (χ0n) is 10.8. The summed E-state index contributed by atoms with van der Waals surface area (Å²) < 4.78 is 9.50. The Balaban J connectivity index is 0. The summed E-state index contributed by atoms with van der Waals surface area (Å²) in [5.41, 5.74) is 6.39. The Kier molecular flexibility index (Phi) is 13.1. The van der Waals surface area contributed by atoms with Crippen molar-refractivity contribution < 1.29 is 9.50 Å². The van der Waals surface area contributed by atoms with Crippen molar-refractivity contribution in [2.24, 2.45) is 5.73 Å². The van der Waals surface area contributed by atoms with Crippen LogP contribution in [0.3, 0.4) is 0 Å². The van der Waals surface area contributed by atoms with Crippen molar-refractivity contribution in [1.82, 2.24) is 0 Å². The van der Waals surface area contributed by atoms with Crippen molar-refractivity contribution in [2.75, 3.05) is 7.18 Å². The first-order valence-corrected chi connectivity index (χ1v) is 5.67. The summed E-state index contributed by atoms with van der Waals surface area (Å²) >= 11 is 0. The lowest BCUT2D eigenvalue weighted by atomic mass is 10.1. The van der Waals surface area contributed by atoms with Gasteiger partial charge in [0.1, 0.15) is 5.75 Å². The van der Waals surface area contributed by atoms with Gasteiger partial charge in [-0.25, -0.2) is 0 Å². The summed E-state index contributed by atoms with van der Waals surface area (Å²) in [4.78, 5) is 0. The predicted octanol–water partition coefficient (Wildman–Crippen LogP) is 3.26. The van der Waals surface area contributed by atoms with Gasteiger partial charge in [-0.05, 0) is 30.5 Å². The number of nitrogens with two attached hydrogens (primary N) is 1. The number of nitrogens with one attached hydrogen (secondary N) is 1. The third kappa shape index (κ3) is 10.7. The molecule has 17 heavy (non-hydrogen) atoms. The van der Waals surface area contributed by atoms with Crippen LogP contribution in [0.25, 0.3) is 0 Å². The van der Waals surface area contributed by atoms with Crippen molar-refractivity contribution >= 4 is 5.84 Å². The van der Waals surface area contributed by atoms with Crippen molar-refractivity contribution in [3.8, 4) is 5.75 Å². The second kappa shape index (κ2) is 12.5. The molecule has 0 aliphatic rings. The number of aryl methyl sites for hydroxylation is 1. The summed E-state index contributed by atoms with van der Waals surface area (Å²) in [5, 5.41) is 16.0. The van der Waals surface area contributed by atoms with E-state index in [0.717, 1.165) is 12.8 Å². The molecule has 0 spiro atoms. The molecular weight excluding hydrogens is 219 g/mol. The molecule has 0 aliphatic heterocycles. The topological polar surface area (TPSA) is 70.1 Å². The number of benzene rings is 1. The fourth-order valence-corrected chi connectivity index (χ4v) is 1.15. The van der Waals surface area contributed by atoms with Gasteiger partial charge in [0.05, 0.1) is 13.0 Å². The average Bonchev–Trinajstić information content (AvgIpc) is 2.36. The molecule has 0 atom stereocenters. The van der Waals surface area contributed by atoms with Gasteiger partial charge in [-0.15, -0.1) is 0 Å². The molecule has 0 heterocycles. The maximum atomic E-state index is 9.50. The molecule has 98 valence electrons. The van der Waals surface area contributed by atoms with Gasteiger partial charge in [0.15, 0.2) is 0 Å². The molecule has 0 saturated carbocycles. The van der Waals surface area contributed by atoms with Crippen LogP contribution in [0, 0.1) is 5.41 Å². The molecule has 1 aromatic rings. The molecule has 0 aliphatic carbocycles. The van der Waals surface area contributed by atoms with Crippen LogP contribution in [-0.2, 0) is 6.42 Å². The number of aromatic hydroxyl groups is 1. The first-order chi connectivity index (χ1) is 8.18. The number of hydrogen-bond donors (Lipinski definition) is 3. The highest BCUT2D eigenvalue weighted by molar-refractivity contribution is 5.76. The molecule has 1 aromatic carbocycles. The maximum absolute atomic E-state index is 9.50. The van der Waals surface area contributed by atoms with Gasteiger partial charge >= 0.3 is 0 Å². The number of amidine groups is 1. The van der Waals surface area contributed by atoms with Gasteiger partial charge < -0.3 is 10.8 Å². The highest BCUT2D eigenvalue weighted by atomic mass is 19.1. The van der Waals surface area contributed by atoms with Crippen LogP contribution in [0.4, 0.5) is 4.39 Å². The predicted molar refractivity (Wildman–Crippen MR) is 71.3 cm³/mol. The smallest absolute Gasteiger partial charge is 0.115 e. The quantitative estimate of drug-likeness (QED) is 0.560. The molecule has 0 saturated heterocycles. The normalized spacial score (nSPS) is 8.24. The van der Waals surface area contributed by atoms with Crippen LogP contribution >= 0.6 is 0 Å². The van der Waals surface area contributed by atoms with E-state index >= 15 is 0 Å². The van der Waals surface area contributed by atoms with E-state index in [2.05, 4.69) is 0 Å². The lowest BCUT2D eigenvalue weighted by Gasteiger charge is -2.00. The van der Waals surface area contributed by atoms with E-state index in [9.17, 15) is 4.39 Å². The van der Waals surface area contributed by atoms with E-state index in [1.165, 1.54) is 5.56 Å². The minimum absolute atomic E-state index is 0.235. The second-order valence-electron chi connectivity index (χ2n) is 3.05. The Morgan fingerprint density at radius 1 is 1.24 bits per heavy atom. The SMILES string of the molecule is CC.CF.N=C(N)CCCc1ccc(O)cc1. The number of alkyl halides is 1. The Hall–Kier alpha value is -1.58. The molecule has 0 fully saturated rings. The molecule has 4 N–H and O–H groups in total. The maximum Gasteiger partial charge on any atom is 0.115 e. The van der Waals surface area contributed by atoms with E-state index in [-0.39, 0.29) is 11.6 Å². The standard InChI is InChI=1S/C10H14N2O.C2H6.CH3F/c11-10(12)3-1-2-8-4-6-9(13)7-5-8;2*1-2/h4-7,13H,1-3H2,(H3,11,12);1-2H3;1H3. The third-order valence-electron chi connectivity index (χ3n) is 1.85.